The Labute approximate surface area is 101 Å². The van der Waals surface area contributed by atoms with E-state index in [-0.39, 0.29) is 17.6 Å². The van der Waals surface area contributed by atoms with Crippen LogP contribution in [0.25, 0.3) is 0 Å². The SMILES string of the molecule is CCn1cc(N)c(C(=O)NC(C)CCOC)n1. The fraction of sp³-hybridized carbons (Fsp3) is 0.636. The van der Waals surface area contributed by atoms with Crippen LogP contribution in [0.1, 0.15) is 30.8 Å². The molecule has 0 spiro atoms. The lowest BCUT2D eigenvalue weighted by molar-refractivity contribution is 0.0924. The summed E-state index contributed by atoms with van der Waals surface area (Å²) in [5.74, 6) is -0.238. The molecule has 17 heavy (non-hydrogen) atoms. The molecule has 1 atom stereocenters. The maximum atomic E-state index is 11.9. The molecular formula is C11H20N4O2. The number of amides is 1. The number of hydrogen-bond acceptors (Lipinski definition) is 4. The Morgan fingerprint density at radius 3 is 2.94 bits per heavy atom. The van der Waals surface area contributed by atoms with Crippen LogP contribution in [0.15, 0.2) is 6.20 Å². The lowest BCUT2D eigenvalue weighted by Gasteiger charge is -2.12. The lowest BCUT2D eigenvalue weighted by atomic mass is 10.2. The number of carbonyl (C=O) groups excluding carboxylic acids is 1. The molecule has 1 heterocycles. The van der Waals surface area contributed by atoms with E-state index in [0.29, 0.717) is 18.8 Å². The van der Waals surface area contributed by atoms with Crippen LogP contribution in [0.3, 0.4) is 0 Å². The molecule has 0 fully saturated rings. The van der Waals surface area contributed by atoms with Gasteiger partial charge >= 0.3 is 0 Å². The van der Waals surface area contributed by atoms with Crippen molar-refractivity contribution in [2.45, 2.75) is 32.9 Å². The van der Waals surface area contributed by atoms with Crippen molar-refractivity contribution in [3.63, 3.8) is 0 Å². The van der Waals surface area contributed by atoms with Crippen molar-refractivity contribution in [2.75, 3.05) is 19.5 Å². The van der Waals surface area contributed by atoms with Crippen molar-refractivity contribution in [1.82, 2.24) is 15.1 Å². The Morgan fingerprint density at radius 1 is 1.71 bits per heavy atom. The fourth-order valence-corrected chi connectivity index (χ4v) is 1.43. The Hall–Kier alpha value is -1.56. The van der Waals surface area contributed by atoms with E-state index in [1.165, 1.54) is 0 Å². The van der Waals surface area contributed by atoms with Crippen LogP contribution in [0.2, 0.25) is 0 Å². The summed E-state index contributed by atoms with van der Waals surface area (Å²) in [6, 6.07) is 0.0358. The number of anilines is 1. The topological polar surface area (TPSA) is 82.2 Å². The maximum Gasteiger partial charge on any atom is 0.274 e. The van der Waals surface area contributed by atoms with Crippen molar-refractivity contribution in [2.24, 2.45) is 0 Å². The molecule has 1 unspecified atom stereocenters. The molecule has 96 valence electrons. The summed E-state index contributed by atoms with van der Waals surface area (Å²) in [4.78, 5) is 11.9. The third-order valence-corrected chi connectivity index (χ3v) is 2.46. The number of nitrogens with two attached hydrogens (primary N) is 1. The number of carbonyl (C=O) groups is 1. The first kappa shape index (κ1) is 13.5. The minimum atomic E-state index is -0.238. The standard InChI is InChI=1S/C11H20N4O2/c1-4-15-7-9(12)10(14-15)11(16)13-8(2)5-6-17-3/h7-8H,4-6,12H2,1-3H3,(H,13,16). The third kappa shape index (κ3) is 3.74. The summed E-state index contributed by atoms with van der Waals surface area (Å²) in [6.45, 7) is 5.16. The van der Waals surface area contributed by atoms with Gasteiger partial charge in [-0.3, -0.25) is 9.48 Å². The molecule has 1 rings (SSSR count). The van der Waals surface area contributed by atoms with E-state index in [1.54, 1.807) is 18.0 Å². The number of ether oxygens (including phenoxy) is 1. The van der Waals surface area contributed by atoms with E-state index in [4.69, 9.17) is 10.5 Å². The zero-order valence-corrected chi connectivity index (χ0v) is 10.6. The van der Waals surface area contributed by atoms with Crippen LogP contribution in [0.4, 0.5) is 5.69 Å². The summed E-state index contributed by atoms with van der Waals surface area (Å²) < 4.78 is 6.59. The normalized spacial score (nSPS) is 12.4. The third-order valence-electron chi connectivity index (χ3n) is 2.46. The predicted molar refractivity (Wildman–Crippen MR) is 65.7 cm³/mol. The van der Waals surface area contributed by atoms with Gasteiger partial charge in [0.15, 0.2) is 5.69 Å². The van der Waals surface area contributed by atoms with E-state index in [1.807, 2.05) is 13.8 Å². The molecule has 0 aliphatic heterocycles. The molecule has 0 aromatic carbocycles. The van der Waals surface area contributed by atoms with E-state index < -0.39 is 0 Å². The largest absolute Gasteiger partial charge is 0.396 e. The van der Waals surface area contributed by atoms with Crippen molar-refractivity contribution < 1.29 is 9.53 Å². The summed E-state index contributed by atoms with van der Waals surface area (Å²) in [5.41, 5.74) is 6.42. The molecule has 0 aliphatic rings. The van der Waals surface area contributed by atoms with E-state index in [2.05, 4.69) is 10.4 Å². The molecular weight excluding hydrogens is 220 g/mol. The predicted octanol–water partition coefficient (Wildman–Crippen LogP) is 0.640. The van der Waals surface area contributed by atoms with Crippen molar-refractivity contribution in [3.8, 4) is 0 Å². The molecule has 3 N–H and O–H groups in total. The minimum Gasteiger partial charge on any atom is -0.396 e. The lowest BCUT2D eigenvalue weighted by Crippen LogP contribution is -2.34. The Bertz CT molecular complexity index is 376. The molecule has 1 aromatic rings. The monoisotopic (exact) mass is 240 g/mol. The van der Waals surface area contributed by atoms with Gasteiger partial charge in [0.1, 0.15) is 0 Å². The molecule has 0 radical (unpaired) electrons. The van der Waals surface area contributed by atoms with E-state index >= 15 is 0 Å². The van der Waals surface area contributed by atoms with Crippen molar-refractivity contribution in [1.29, 1.82) is 0 Å². The van der Waals surface area contributed by atoms with Crippen LogP contribution in [0, 0.1) is 0 Å². The molecule has 0 aliphatic carbocycles. The smallest absolute Gasteiger partial charge is 0.274 e. The molecule has 6 heteroatoms. The quantitative estimate of drug-likeness (QED) is 0.764. The highest BCUT2D eigenvalue weighted by molar-refractivity contribution is 5.97. The number of hydrogen-bond donors (Lipinski definition) is 2. The summed E-state index contributed by atoms with van der Waals surface area (Å²) in [7, 11) is 1.63. The van der Waals surface area contributed by atoms with Gasteiger partial charge in [0, 0.05) is 32.5 Å². The maximum absolute atomic E-state index is 11.9. The van der Waals surface area contributed by atoms with Gasteiger partial charge in [-0.2, -0.15) is 5.10 Å². The second kappa shape index (κ2) is 6.24. The zero-order valence-electron chi connectivity index (χ0n) is 10.6. The molecule has 1 amide bonds. The first-order valence-electron chi connectivity index (χ1n) is 5.71. The van der Waals surface area contributed by atoms with Gasteiger partial charge in [-0.05, 0) is 20.3 Å². The molecule has 0 saturated heterocycles. The molecule has 0 bridgehead atoms. The highest BCUT2D eigenvalue weighted by Crippen LogP contribution is 2.09. The Kier molecular flexibility index (Phi) is 4.96. The number of aryl methyl sites for hydroxylation is 1. The van der Waals surface area contributed by atoms with Crippen LogP contribution >= 0.6 is 0 Å². The van der Waals surface area contributed by atoms with E-state index in [9.17, 15) is 4.79 Å². The number of nitrogen functional groups attached to an aromatic ring is 1. The van der Waals surface area contributed by atoms with Gasteiger partial charge in [0.05, 0.1) is 5.69 Å². The number of nitrogens with one attached hydrogen (secondary N) is 1. The van der Waals surface area contributed by atoms with Crippen molar-refractivity contribution in [3.05, 3.63) is 11.9 Å². The van der Waals surface area contributed by atoms with Gasteiger partial charge in [-0.25, -0.2) is 0 Å². The molecule has 0 saturated carbocycles. The molecule has 1 aromatic heterocycles. The summed E-state index contributed by atoms with van der Waals surface area (Å²) >= 11 is 0. The number of aromatic nitrogens is 2. The molecule has 6 nitrogen and oxygen atoms in total. The van der Waals surface area contributed by atoms with E-state index in [0.717, 1.165) is 6.42 Å². The summed E-state index contributed by atoms with van der Waals surface area (Å²) in [5, 5.41) is 6.94. The van der Waals surface area contributed by atoms with Gasteiger partial charge < -0.3 is 15.8 Å². The second-order valence-electron chi connectivity index (χ2n) is 3.94. The Balaban J connectivity index is 2.59. The van der Waals surface area contributed by atoms with Gasteiger partial charge in [-0.1, -0.05) is 0 Å². The van der Waals surface area contributed by atoms with Crippen LogP contribution in [-0.2, 0) is 11.3 Å². The van der Waals surface area contributed by atoms with Crippen LogP contribution in [0.5, 0.6) is 0 Å². The fourth-order valence-electron chi connectivity index (χ4n) is 1.43. The highest BCUT2D eigenvalue weighted by atomic mass is 16.5. The summed E-state index contributed by atoms with van der Waals surface area (Å²) in [6.07, 6.45) is 2.42. The first-order chi connectivity index (χ1) is 8.08. The van der Waals surface area contributed by atoms with Crippen LogP contribution < -0.4 is 11.1 Å². The van der Waals surface area contributed by atoms with Gasteiger partial charge in [0.2, 0.25) is 0 Å². The Morgan fingerprint density at radius 2 is 2.41 bits per heavy atom. The van der Waals surface area contributed by atoms with Gasteiger partial charge in [-0.15, -0.1) is 0 Å². The minimum absolute atomic E-state index is 0.0358. The number of rotatable bonds is 6. The average Bonchev–Trinajstić information content (AvgIpc) is 2.68. The zero-order chi connectivity index (χ0) is 12.8. The van der Waals surface area contributed by atoms with Crippen molar-refractivity contribution >= 4 is 11.6 Å². The average molecular weight is 240 g/mol. The van der Waals surface area contributed by atoms with Gasteiger partial charge in [0.25, 0.3) is 5.91 Å². The van der Waals surface area contributed by atoms with Crippen LogP contribution in [-0.4, -0.2) is 35.4 Å². The number of nitrogens with zero attached hydrogens (tertiary/aromatic N) is 2. The highest BCUT2D eigenvalue weighted by Gasteiger charge is 2.16. The first-order valence-corrected chi connectivity index (χ1v) is 5.71. The number of methoxy groups -OCH3 is 1. The second-order valence-corrected chi connectivity index (χ2v) is 3.94.